The molecule has 2 aromatic carbocycles. The molecule has 0 fully saturated rings. The molecule has 0 aliphatic rings. The predicted octanol–water partition coefficient (Wildman–Crippen LogP) is 3.63. The smallest absolute Gasteiger partial charge is 0.159 e. The molecule has 5 heteroatoms. The van der Waals surface area contributed by atoms with E-state index in [4.69, 9.17) is 16.3 Å². The predicted molar refractivity (Wildman–Crippen MR) is 95.8 cm³/mol. The van der Waals surface area contributed by atoms with Crippen molar-refractivity contribution in [3.8, 4) is 5.75 Å². The second kappa shape index (κ2) is 8.83. The van der Waals surface area contributed by atoms with Crippen LogP contribution < -0.4 is 10.1 Å². The summed E-state index contributed by atoms with van der Waals surface area (Å²) < 4.78 is 5.55. The van der Waals surface area contributed by atoms with Gasteiger partial charge in [-0.2, -0.15) is 0 Å². The number of carbonyl (C=O) groups is 1. The fraction of sp³-hybridized carbons (Fsp3) is 0.316. The van der Waals surface area contributed by atoms with Crippen LogP contribution in [-0.2, 0) is 0 Å². The first-order chi connectivity index (χ1) is 11.5. The lowest BCUT2D eigenvalue weighted by molar-refractivity contribution is 0.101. The highest BCUT2D eigenvalue weighted by atomic mass is 35.5. The minimum absolute atomic E-state index is 0.0174. The van der Waals surface area contributed by atoms with Gasteiger partial charge in [0.25, 0.3) is 0 Å². The van der Waals surface area contributed by atoms with E-state index in [9.17, 15) is 9.90 Å². The Balaban J connectivity index is 1.81. The Bertz CT molecular complexity index is 690. The van der Waals surface area contributed by atoms with Crippen LogP contribution in [0, 0.1) is 0 Å². The van der Waals surface area contributed by atoms with Crippen LogP contribution in [-0.4, -0.2) is 30.1 Å². The molecule has 0 radical (unpaired) electrons. The van der Waals surface area contributed by atoms with E-state index >= 15 is 0 Å². The average molecular weight is 348 g/mol. The third-order valence-corrected chi connectivity index (χ3v) is 4.06. The Labute approximate surface area is 147 Å². The largest absolute Gasteiger partial charge is 0.491 e. The molecule has 2 atom stereocenters. The number of carbonyl (C=O) groups excluding carboxylic acids is 1. The fourth-order valence-corrected chi connectivity index (χ4v) is 2.60. The van der Waals surface area contributed by atoms with Gasteiger partial charge < -0.3 is 15.2 Å². The Morgan fingerprint density at radius 3 is 2.71 bits per heavy atom. The number of ether oxygens (including phenoxy) is 1. The van der Waals surface area contributed by atoms with Crippen LogP contribution in [0.25, 0.3) is 0 Å². The Morgan fingerprint density at radius 2 is 2.00 bits per heavy atom. The van der Waals surface area contributed by atoms with Crippen LogP contribution >= 0.6 is 11.6 Å². The fourth-order valence-electron chi connectivity index (χ4n) is 2.31. The van der Waals surface area contributed by atoms with Gasteiger partial charge in [-0.3, -0.25) is 4.79 Å². The Hall–Kier alpha value is -1.88. The van der Waals surface area contributed by atoms with Crippen LogP contribution in [0.5, 0.6) is 5.75 Å². The molecule has 0 amide bonds. The summed E-state index contributed by atoms with van der Waals surface area (Å²) >= 11 is 6.16. The van der Waals surface area contributed by atoms with Gasteiger partial charge in [-0.15, -0.1) is 0 Å². The lowest BCUT2D eigenvalue weighted by atomic mass is 10.1. The second-order valence-electron chi connectivity index (χ2n) is 5.70. The van der Waals surface area contributed by atoms with Gasteiger partial charge in [0.1, 0.15) is 18.5 Å². The number of ketones is 1. The number of hydrogen-bond donors (Lipinski definition) is 2. The van der Waals surface area contributed by atoms with Crippen molar-refractivity contribution in [1.82, 2.24) is 5.32 Å². The van der Waals surface area contributed by atoms with Crippen molar-refractivity contribution in [3.63, 3.8) is 0 Å². The Morgan fingerprint density at radius 1 is 1.25 bits per heavy atom. The van der Waals surface area contributed by atoms with Crippen molar-refractivity contribution in [2.75, 3.05) is 13.2 Å². The van der Waals surface area contributed by atoms with Crippen LogP contribution in [0.2, 0.25) is 5.02 Å². The summed E-state index contributed by atoms with van der Waals surface area (Å²) in [5.74, 6) is 0.553. The van der Waals surface area contributed by atoms with Gasteiger partial charge in [-0.25, -0.2) is 0 Å². The number of aliphatic hydroxyl groups excluding tert-OH is 1. The highest BCUT2D eigenvalue weighted by Gasteiger charge is 2.12. The molecule has 2 unspecified atom stereocenters. The molecule has 0 spiro atoms. The Kier molecular flexibility index (Phi) is 6.79. The molecule has 0 bridgehead atoms. The maximum Gasteiger partial charge on any atom is 0.159 e. The topological polar surface area (TPSA) is 58.6 Å². The van der Waals surface area contributed by atoms with Gasteiger partial charge in [0.2, 0.25) is 0 Å². The molecule has 4 nitrogen and oxygen atoms in total. The molecule has 0 saturated heterocycles. The first-order valence-corrected chi connectivity index (χ1v) is 8.25. The average Bonchev–Trinajstić information content (AvgIpc) is 2.58. The van der Waals surface area contributed by atoms with Crippen LogP contribution in [0.4, 0.5) is 0 Å². The molecular formula is C19H22ClNO3. The molecule has 2 aromatic rings. The summed E-state index contributed by atoms with van der Waals surface area (Å²) in [4.78, 5) is 11.3. The second-order valence-corrected chi connectivity index (χ2v) is 6.11. The molecule has 0 aromatic heterocycles. The zero-order valence-electron chi connectivity index (χ0n) is 13.8. The third kappa shape index (κ3) is 5.34. The lowest BCUT2D eigenvalue weighted by Gasteiger charge is -2.19. The van der Waals surface area contributed by atoms with E-state index in [1.807, 2.05) is 31.2 Å². The summed E-state index contributed by atoms with van der Waals surface area (Å²) in [5, 5.41) is 14.0. The minimum atomic E-state index is -0.670. The maximum absolute atomic E-state index is 11.3. The monoisotopic (exact) mass is 347 g/mol. The maximum atomic E-state index is 11.3. The number of rotatable bonds is 8. The number of hydrogen-bond acceptors (Lipinski definition) is 4. The zero-order valence-corrected chi connectivity index (χ0v) is 14.6. The summed E-state index contributed by atoms with van der Waals surface area (Å²) in [6.07, 6.45) is -0.670. The van der Waals surface area contributed by atoms with E-state index in [-0.39, 0.29) is 18.4 Å². The number of aliphatic hydroxyl groups is 1. The molecule has 0 saturated carbocycles. The standard InChI is InChI=1S/C19H22ClNO3/c1-13(18-8-3-4-9-19(18)20)21-11-16(23)12-24-17-7-5-6-15(10-17)14(2)22/h3-10,13,16,21,23H,11-12H2,1-2H3. The minimum Gasteiger partial charge on any atom is -0.491 e. The number of Topliss-reactive ketones (excluding diaryl/α,β-unsaturated/α-hetero) is 1. The normalized spacial score (nSPS) is 13.3. The van der Waals surface area contributed by atoms with E-state index in [2.05, 4.69) is 5.32 Å². The van der Waals surface area contributed by atoms with Gasteiger partial charge in [0.05, 0.1) is 0 Å². The van der Waals surface area contributed by atoms with Gasteiger partial charge in [0.15, 0.2) is 5.78 Å². The van der Waals surface area contributed by atoms with Crippen molar-refractivity contribution in [3.05, 3.63) is 64.7 Å². The zero-order chi connectivity index (χ0) is 17.5. The van der Waals surface area contributed by atoms with Gasteiger partial charge in [0, 0.05) is 23.2 Å². The van der Waals surface area contributed by atoms with Gasteiger partial charge >= 0.3 is 0 Å². The first kappa shape index (κ1) is 18.5. The van der Waals surface area contributed by atoms with Crippen LogP contribution in [0.1, 0.15) is 35.8 Å². The number of halogens is 1. The number of nitrogens with one attached hydrogen (secondary N) is 1. The molecule has 0 aliphatic heterocycles. The molecule has 2 N–H and O–H groups in total. The van der Waals surface area contributed by atoms with Crippen molar-refractivity contribution < 1.29 is 14.6 Å². The van der Waals surface area contributed by atoms with Crippen molar-refractivity contribution in [2.45, 2.75) is 26.0 Å². The van der Waals surface area contributed by atoms with E-state index in [0.717, 1.165) is 5.56 Å². The summed E-state index contributed by atoms with van der Waals surface area (Å²) in [5.41, 5.74) is 1.58. The van der Waals surface area contributed by atoms with Crippen LogP contribution in [0.15, 0.2) is 48.5 Å². The number of benzene rings is 2. The summed E-state index contributed by atoms with van der Waals surface area (Å²) in [6.45, 7) is 4.02. The molecule has 128 valence electrons. The van der Waals surface area contributed by atoms with Gasteiger partial charge in [-0.05, 0) is 37.6 Å². The van der Waals surface area contributed by atoms with Gasteiger partial charge in [-0.1, -0.05) is 41.9 Å². The van der Waals surface area contributed by atoms with E-state index in [0.29, 0.717) is 22.9 Å². The van der Waals surface area contributed by atoms with Crippen molar-refractivity contribution >= 4 is 17.4 Å². The highest BCUT2D eigenvalue weighted by Crippen LogP contribution is 2.22. The van der Waals surface area contributed by atoms with Crippen LogP contribution in [0.3, 0.4) is 0 Å². The van der Waals surface area contributed by atoms with E-state index in [1.165, 1.54) is 6.92 Å². The molecule has 0 heterocycles. The van der Waals surface area contributed by atoms with Crippen molar-refractivity contribution in [1.29, 1.82) is 0 Å². The summed E-state index contributed by atoms with van der Waals surface area (Å²) in [7, 11) is 0. The third-order valence-electron chi connectivity index (χ3n) is 3.71. The van der Waals surface area contributed by atoms with Crippen molar-refractivity contribution in [2.24, 2.45) is 0 Å². The molecular weight excluding hydrogens is 326 g/mol. The molecule has 24 heavy (non-hydrogen) atoms. The SMILES string of the molecule is CC(=O)c1cccc(OCC(O)CNC(C)c2ccccc2Cl)c1. The quantitative estimate of drug-likeness (QED) is 0.716. The highest BCUT2D eigenvalue weighted by molar-refractivity contribution is 6.31. The molecule has 0 aliphatic carbocycles. The summed E-state index contributed by atoms with van der Waals surface area (Å²) in [6, 6.07) is 14.6. The lowest BCUT2D eigenvalue weighted by Crippen LogP contribution is -2.33. The first-order valence-electron chi connectivity index (χ1n) is 7.87. The molecule has 2 rings (SSSR count). The van der Waals surface area contributed by atoms with E-state index < -0.39 is 6.10 Å². The van der Waals surface area contributed by atoms with E-state index in [1.54, 1.807) is 24.3 Å².